The molecular weight excluding hydrogens is 250 g/mol. The molecule has 4 N–H and O–H groups in total. The summed E-state index contributed by atoms with van der Waals surface area (Å²) in [5.74, 6) is -1.89. The highest BCUT2D eigenvalue weighted by Crippen LogP contribution is 1.99. The predicted molar refractivity (Wildman–Crippen MR) is 70.4 cm³/mol. The van der Waals surface area contributed by atoms with Crippen molar-refractivity contribution >= 4 is 17.8 Å². The lowest BCUT2D eigenvalue weighted by Crippen LogP contribution is -2.48. The van der Waals surface area contributed by atoms with Gasteiger partial charge in [-0.05, 0) is 12.8 Å². The number of carbonyl (C=O) groups is 3. The van der Waals surface area contributed by atoms with E-state index < -0.39 is 24.3 Å². The summed E-state index contributed by atoms with van der Waals surface area (Å²) in [7, 11) is 0. The molecule has 0 saturated heterocycles. The van der Waals surface area contributed by atoms with Crippen molar-refractivity contribution in [1.82, 2.24) is 10.2 Å². The molecule has 0 fully saturated rings. The van der Waals surface area contributed by atoms with Gasteiger partial charge >= 0.3 is 5.97 Å². The smallest absolute Gasteiger partial charge is 0.305 e. The van der Waals surface area contributed by atoms with Crippen LogP contribution in [0.2, 0.25) is 0 Å². The zero-order valence-electron chi connectivity index (χ0n) is 11.5. The monoisotopic (exact) mass is 273 g/mol. The fourth-order valence-electron chi connectivity index (χ4n) is 1.54. The molecule has 0 aromatic heterocycles. The van der Waals surface area contributed by atoms with Gasteiger partial charge in [0.15, 0.2) is 0 Å². The third-order valence-electron chi connectivity index (χ3n) is 2.42. The van der Waals surface area contributed by atoms with Gasteiger partial charge < -0.3 is 21.1 Å². The minimum atomic E-state index is -1.13. The van der Waals surface area contributed by atoms with Crippen LogP contribution in [0.5, 0.6) is 0 Å². The van der Waals surface area contributed by atoms with E-state index in [0.717, 1.165) is 6.42 Å². The molecule has 0 aliphatic carbocycles. The van der Waals surface area contributed by atoms with E-state index in [9.17, 15) is 14.4 Å². The van der Waals surface area contributed by atoms with E-state index >= 15 is 0 Å². The molecule has 0 spiro atoms. The summed E-state index contributed by atoms with van der Waals surface area (Å²) < 4.78 is 0. The molecule has 0 aromatic carbocycles. The van der Waals surface area contributed by atoms with Crippen LogP contribution in [0.4, 0.5) is 0 Å². The topological polar surface area (TPSA) is 113 Å². The maximum atomic E-state index is 11.9. The van der Waals surface area contributed by atoms with Crippen LogP contribution in [0.15, 0.2) is 0 Å². The van der Waals surface area contributed by atoms with Crippen molar-refractivity contribution in [3.63, 3.8) is 0 Å². The highest BCUT2D eigenvalue weighted by molar-refractivity contribution is 5.89. The van der Waals surface area contributed by atoms with Gasteiger partial charge in [0.05, 0.1) is 19.0 Å². The standard InChI is InChI=1S/C12H23N3O4/c1-3-5-14-10(16)8-15(6-4-2)12(19)9(13)7-11(17)18/h9H,3-8,13H2,1-2H3,(H,14,16)(H,17,18). The van der Waals surface area contributed by atoms with Gasteiger partial charge in [-0.1, -0.05) is 13.8 Å². The van der Waals surface area contributed by atoms with Crippen molar-refractivity contribution in [3.05, 3.63) is 0 Å². The van der Waals surface area contributed by atoms with Crippen LogP contribution >= 0.6 is 0 Å². The Kier molecular flexibility index (Phi) is 8.52. The molecule has 0 bridgehead atoms. The van der Waals surface area contributed by atoms with Crippen LogP contribution in [0.1, 0.15) is 33.1 Å². The second-order valence-electron chi connectivity index (χ2n) is 4.31. The Bertz CT molecular complexity index is 320. The molecule has 0 radical (unpaired) electrons. The number of amides is 2. The van der Waals surface area contributed by atoms with Crippen LogP contribution in [-0.2, 0) is 14.4 Å². The number of hydrogen-bond acceptors (Lipinski definition) is 4. The average Bonchev–Trinajstić information content (AvgIpc) is 2.34. The summed E-state index contributed by atoms with van der Waals surface area (Å²) in [6, 6.07) is -1.11. The average molecular weight is 273 g/mol. The lowest BCUT2D eigenvalue weighted by Gasteiger charge is -2.24. The Morgan fingerprint density at radius 1 is 1.26 bits per heavy atom. The molecule has 7 heteroatoms. The minimum Gasteiger partial charge on any atom is -0.481 e. The first-order valence-electron chi connectivity index (χ1n) is 6.45. The first-order chi connectivity index (χ1) is 8.92. The molecule has 19 heavy (non-hydrogen) atoms. The quantitative estimate of drug-likeness (QED) is 0.527. The van der Waals surface area contributed by atoms with E-state index in [2.05, 4.69) is 5.32 Å². The molecule has 1 atom stereocenters. The molecule has 0 aliphatic heterocycles. The van der Waals surface area contributed by atoms with E-state index in [-0.39, 0.29) is 12.5 Å². The van der Waals surface area contributed by atoms with Crippen molar-refractivity contribution < 1.29 is 19.5 Å². The zero-order chi connectivity index (χ0) is 14.8. The lowest BCUT2D eigenvalue weighted by atomic mass is 10.2. The molecule has 0 heterocycles. The maximum absolute atomic E-state index is 11.9. The third kappa shape index (κ3) is 7.40. The summed E-state index contributed by atoms with van der Waals surface area (Å²) >= 11 is 0. The Labute approximate surface area is 113 Å². The van der Waals surface area contributed by atoms with Crippen molar-refractivity contribution in [3.8, 4) is 0 Å². The largest absolute Gasteiger partial charge is 0.481 e. The number of nitrogens with zero attached hydrogens (tertiary/aromatic N) is 1. The Balaban J connectivity index is 4.48. The van der Waals surface area contributed by atoms with Gasteiger partial charge in [0.25, 0.3) is 0 Å². The number of hydrogen-bond donors (Lipinski definition) is 3. The first kappa shape index (κ1) is 17.4. The van der Waals surface area contributed by atoms with Crippen molar-refractivity contribution in [2.75, 3.05) is 19.6 Å². The normalized spacial score (nSPS) is 11.7. The molecule has 0 aromatic rings. The van der Waals surface area contributed by atoms with Crippen molar-refractivity contribution in [2.45, 2.75) is 39.2 Å². The van der Waals surface area contributed by atoms with Gasteiger partial charge in [0.1, 0.15) is 0 Å². The highest BCUT2D eigenvalue weighted by Gasteiger charge is 2.24. The molecule has 0 aliphatic rings. The Morgan fingerprint density at radius 2 is 1.89 bits per heavy atom. The van der Waals surface area contributed by atoms with E-state index in [0.29, 0.717) is 19.5 Å². The molecule has 7 nitrogen and oxygen atoms in total. The van der Waals surface area contributed by atoms with Crippen LogP contribution in [0.25, 0.3) is 0 Å². The third-order valence-corrected chi connectivity index (χ3v) is 2.42. The van der Waals surface area contributed by atoms with Crippen LogP contribution in [-0.4, -0.2) is 53.5 Å². The molecule has 0 saturated carbocycles. The fourth-order valence-corrected chi connectivity index (χ4v) is 1.54. The molecule has 110 valence electrons. The van der Waals surface area contributed by atoms with E-state index in [1.54, 1.807) is 0 Å². The van der Waals surface area contributed by atoms with E-state index in [1.165, 1.54) is 4.90 Å². The van der Waals surface area contributed by atoms with Gasteiger partial charge in [-0.3, -0.25) is 14.4 Å². The second-order valence-corrected chi connectivity index (χ2v) is 4.31. The Morgan fingerprint density at radius 3 is 2.37 bits per heavy atom. The SMILES string of the molecule is CCCNC(=O)CN(CCC)C(=O)C(N)CC(=O)O. The fraction of sp³-hybridized carbons (Fsp3) is 0.750. The first-order valence-corrected chi connectivity index (χ1v) is 6.45. The lowest BCUT2D eigenvalue weighted by molar-refractivity contribution is -0.142. The summed E-state index contributed by atoms with van der Waals surface area (Å²) in [5, 5.41) is 11.3. The number of rotatable bonds is 9. The highest BCUT2D eigenvalue weighted by atomic mass is 16.4. The van der Waals surface area contributed by atoms with Crippen molar-refractivity contribution in [1.29, 1.82) is 0 Å². The molecule has 2 amide bonds. The summed E-state index contributed by atoms with van der Waals surface area (Å²) in [6.07, 6.45) is 1.05. The summed E-state index contributed by atoms with van der Waals surface area (Å²) in [4.78, 5) is 35.3. The zero-order valence-corrected chi connectivity index (χ0v) is 11.5. The van der Waals surface area contributed by atoms with Gasteiger partial charge in [0.2, 0.25) is 11.8 Å². The second kappa shape index (κ2) is 9.32. The van der Waals surface area contributed by atoms with E-state index in [4.69, 9.17) is 10.8 Å². The number of carboxylic acid groups (broad SMARTS) is 1. The molecule has 0 rings (SSSR count). The van der Waals surface area contributed by atoms with Gasteiger partial charge in [-0.25, -0.2) is 0 Å². The molecule has 1 unspecified atom stereocenters. The van der Waals surface area contributed by atoms with Gasteiger partial charge in [0, 0.05) is 13.1 Å². The van der Waals surface area contributed by atoms with Crippen LogP contribution < -0.4 is 11.1 Å². The predicted octanol–water partition coefficient (Wildman–Crippen LogP) is -0.447. The number of nitrogens with two attached hydrogens (primary N) is 1. The van der Waals surface area contributed by atoms with Gasteiger partial charge in [-0.2, -0.15) is 0 Å². The maximum Gasteiger partial charge on any atom is 0.305 e. The summed E-state index contributed by atoms with van der Waals surface area (Å²) in [5.41, 5.74) is 5.52. The number of carboxylic acids is 1. The van der Waals surface area contributed by atoms with E-state index in [1.807, 2.05) is 13.8 Å². The van der Waals surface area contributed by atoms with Crippen LogP contribution in [0.3, 0.4) is 0 Å². The number of nitrogens with one attached hydrogen (secondary N) is 1. The van der Waals surface area contributed by atoms with Crippen molar-refractivity contribution in [2.24, 2.45) is 5.73 Å². The number of aliphatic carboxylic acids is 1. The molecular formula is C12H23N3O4. The summed E-state index contributed by atoms with van der Waals surface area (Å²) in [6.45, 7) is 4.64. The minimum absolute atomic E-state index is 0.0833. The van der Waals surface area contributed by atoms with Gasteiger partial charge in [-0.15, -0.1) is 0 Å². The van der Waals surface area contributed by atoms with Crippen LogP contribution in [0, 0.1) is 0 Å². The Hall–Kier alpha value is -1.63. The number of carbonyl (C=O) groups excluding carboxylic acids is 2.